The van der Waals surface area contributed by atoms with Crippen LogP contribution in [0.5, 0.6) is 0 Å². The molecule has 0 spiro atoms. The molecule has 0 atom stereocenters. The van der Waals surface area contributed by atoms with E-state index in [1.54, 1.807) is 17.5 Å². The fraction of sp³-hybridized carbons (Fsp3) is 0.294. The number of nitrogens with zero attached hydrogens (tertiary/aromatic N) is 4. The van der Waals surface area contributed by atoms with Crippen molar-refractivity contribution >= 4 is 17.2 Å². The van der Waals surface area contributed by atoms with Gasteiger partial charge in [0.2, 0.25) is 0 Å². The summed E-state index contributed by atoms with van der Waals surface area (Å²) in [6.07, 6.45) is 5.19. The van der Waals surface area contributed by atoms with Crippen molar-refractivity contribution < 1.29 is 0 Å². The molecule has 3 rings (SSSR count). The second kappa shape index (κ2) is 7.35. The summed E-state index contributed by atoms with van der Waals surface area (Å²) in [5.41, 5.74) is 1.44. The molecule has 0 aliphatic rings. The van der Waals surface area contributed by atoms with Gasteiger partial charge in [0.15, 0.2) is 0 Å². The van der Waals surface area contributed by atoms with Crippen molar-refractivity contribution in [1.29, 1.82) is 0 Å². The lowest BCUT2D eigenvalue weighted by atomic mass is 10.2. The van der Waals surface area contributed by atoms with Crippen LogP contribution in [0.2, 0.25) is 0 Å². The third kappa shape index (κ3) is 3.86. The molecule has 0 aromatic carbocycles. The standard InChI is InChI=1S/C17H19N5OS/c1-3-13-10-15(23)21-17(20-13)12-4-5-14(19-11-12)22(2)8-6-16-18-7-9-24-16/h4-5,7,9-11H,3,6,8H2,1-2H3,(H,20,21,23). The van der Waals surface area contributed by atoms with Gasteiger partial charge >= 0.3 is 0 Å². The zero-order chi connectivity index (χ0) is 16.9. The number of thiazole rings is 1. The minimum absolute atomic E-state index is 0.138. The van der Waals surface area contributed by atoms with Crippen LogP contribution in [-0.2, 0) is 12.8 Å². The number of H-pyrrole nitrogens is 1. The van der Waals surface area contributed by atoms with E-state index in [1.165, 1.54) is 6.07 Å². The number of likely N-dealkylation sites (N-methyl/N-ethyl adjacent to an activating group) is 1. The first kappa shape index (κ1) is 16.3. The number of aromatic nitrogens is 4. The Morgan fingerprint density at radius 1 is 1.29 bits per heavy atom. The fourth-order valence-corrected chi connectivity index (χ4v) is 2.94. The number of rotatable bonds is 6. The molecular formula is C17H19N5OS. The predicted octanol–water partition coefficient (Wildman–Crippen LogP) is 2.53. The lowest BCUT2D eigenvalue weighted by Gasteiger charge is -2.17. The van der Waals surface area contributed by atoms with Gasteiger partial charge in [0, 0.05) is 55.1 Å². The molecule has 0 saturated heterocycles. The molecule has 0 amide bonds. The second-order valence-corrected chi connectivity index (χ2v) is 6.42. The van der Waals surface area contributed by atoms with Crippen LogP contribution in [0.15, 0.2) is 40.8 Å². The van der Waals surface area contributed by atoms with Crippen LogP contribution >= 0.6 is 11.3 Å². The van der Waals surface area contributed by atoms with E-state index in [1.807, 2.05) is 37.7 Å². The lowest BCUT2D eigenvalue weighted by molar-refractivity contribution is 0.853. The van der Waals surface area contributed by atoms with E-state index in [-0.39, 0.29) is 5.56 Å². The smallest absolute Gasteiger partial charge is 0.251 e. The predicted molar refractivity (Wildman–Crippen MR) is 96.6 cm³/mol. The minimum Gasteiger partial charge on any atom is -0.359 e. The van der Waals surface area contributed by atoms with Crippen LogP contribution in [0.25, 0.3) is 11.4 Å². The first-order valence-electron chi connectivity index (χ1n) is 7.82. The van der Waals surface area contributed by atoms with Gasteiger partial charge in [-0.05, 0) is 18.6 Å². The SMILES string of the molecule is CCc1cc(=O)[nH]c(-c2ccc(N(C)CCc3nccs3)nc2)n1. The molecule has 3 aromatic rings. The Morgan fingerprint density at radius 2 is 2.17 bits per heavy atom. The molecule has 124 valence electrons. The number of anilines is 1. The normalized spacial score (nSPS) is 10.8. The van der Waals surface area contributed by atoms with E-state index in [4.69, 9.17) is 0 Å². The van der Waals surface area contributed by atoms with E-state index in [0.717, 1.165) is 41.5 Å². The quantitative estimate of drug-likeness (QED) is 0.746. The Bertz CT molecular complexity index is 842. The first-order valence-corrected chi connectivity index (χ1v) is 8.70. The topological polar surface area (TPSA) is 74.8 Å². The molecule has 0 bridgehead atoms. The van der Waals surface area contributed by atoms with E-state index in [2.05, 4.69) is 24.8 Å². The molecule has 0 aliphatic heterocycles. The highest BCUT2D eigenvalue weighted by atomic mass is 32.1. The van der Waals surface area contributed by atoms with Crippen molar-refractivity contribution in [3.63, 3.8) is 0 Å². The Morgan fingerprint density at radius 3 is 2.83 bits per heavy atom. The summed E-state index contributed by atoms with van der Waals surface area (Å²) in [6.45, 7) is 2.82. The number of pyridine rings is 1. The van der Waals surface area contributed by atoms with Crippen molar-refractivity contribution in [2.24, 2.45) is 0 Å². The third-order valence-corrected chi connectivity index (χ3v) is 4.55. The number of hydrogen-bond donors (Lipinski definition) is 1. The highest BCUT2D eigenvalue weighted by molar-refractivity contribution is 7.09. The molecule has 6 nitrogen and oxygen atoms in total. The Hall–Kier alpha value is -2.54. The molecule has 0 aliphatic carbocycles. The number of aryl methyl sites for hydroxylation is 1. The lowest BCUT2D eigenvalue weighted by Crippen LogP contribution is -2.21. The molecule has 7 heteroatoms. The van der Waals surface area contributed by atoms with Crippen molar-refractivity contribution in [2.75, 3.05) is 18.5 Å². The number of hydrogen-bond acceptors (Lipinski definition) is 6. The summed E-state index contributed by atoms with van der Waals surface area (Å²) in [4.78, 5) is 29.8. The van der Waals surface area contributed by atoms with Gasteiger partial charge in [-0.3, -0.25) is 4.79 Å². The van der Waals surface area contributed by atoms with Crippen LogP contribution in [0.3, 0.4) is 0 Å². The third-order valence-electron chi connectivity index (χ3n) is 3.71. The van der Waals surface area contributed by atoms with E-state index in [9.17, 15) is 4.79 Å². The van der Waals surface area contributed by atoms with Crippen LogP contribution in [0.4, 0.5) is 5.82 Å². The molecule has 3 heterocycles. The van der Waals surface area contributed by atoms with Gasteiger partial charge < -0.3 is 9.88 Å². The highest BCUT2D eigenvalue weighted by Crippen LogP contribution is 2.17. The van der Waals surface area contributed by atoms with E-state index >= 15 is 0 Å². The zero-order valence-corrected chi connectivity index (χ0v) is 14.5. The average Bonchev–Trinajstić information content (AvgIpc) is 3.12. The summed E-state index contributed by atoms with van der Waals surface area (Å²) in [5, 5.41) is 3.11. The maximum Gasteiger partial charge on any atom is 0.251 e. The second-order valence-electron chi connectivity index (χ2n) is 5.44. The molecule has 0 radical (unpaired) electrons. The van der Waals surface area contributed by atoms with Crippen molar-refractivity contribution in [3.05, 3.63) is 57.0 Å². The minimum atomic E-state index is -0.138. The summed E-state index contributed by atoms with van der Waals surface area (Å²) in [7, 11) is 2.01. The van der Waals surface area contributed by atoms with Gasteiger partial charge in [-0.2, -0.15) is 0 Å². The molecule has 1 N–H and O–H groups in total. The molecular weight excluding hydrogens is 322 g/mol. The molecule has 24 heavy (non-hydrogen) atoms. The highest BCUT2D eigenvalue weighted by Gasteiger charge is 2.07. The maximum atomic E-state index is 11.7. The Kier molecular flexibility index (Phi) is 5.00. The van der Waals surface area contributed by atoms with Gasteiger partial charge in [-0.1, -0.05) is 6.92 Å². The molecule has 0 unspecified atom stereocenters. The summed E-state index contributed by atoms with van der Waals surface area (Å²) in [5.74, 6) is 1.44. The summed E-state index contributed by atoms with van der Waals surface area (Å²) in [6, 6.07) is 5.40. The molecule has 0 fully saturated rings. The molecule has 0 saturated carbocycles. The van der Waals surface area contributed by atoms with Gasteiger partial charge in [-0.25, -0.2) is 15.0 Å². The Balaban J connectivity index is 1.73. The van der Waals surface area contributed by atoms with Gasteiger partial charge in [0.25, 0.3) is 5.56 Å². The average molecular weight is 341 g/mol. The Labute approximate surface area is 144 Å². The van der Waals surface area contributed by atoms with Crippen molar-refractivity contribution in [1.82, 2.24) is 19.9 Å². The zero-order valence-electron chi connectivity index (χ0n) is 13.7. The largest absolute Gasteiger partial charge is 0.359 e. The van der Waals surface area contributed by atoms with Crippen molar-refractivity contribution in [2.45, 2.75) is 19.8 Å². The van der Waals surface area contributed by atoms with Crippen LogP contribution in [-0.4, -0.2) is 33.5 Å². The fourth-order valence-electron chi connectivity index (χ4n) is 2.33. The summed E-state index contributed by atoms with van der Waals surface area (Å²) >= 11 is 1.66. The van der Waals surface area contributed by atoms with E-state index in [0.29, 0.717) is 5.82 Å². The van der Waals surface area contributed by atoms with Crippen LogP contribution in [0, 0.1) is 0 Å². The van der Waals surface area contributed by atoms with Crippen molar-refractivity contribution in [3.8, 4) is 11.4 Å². The van der Waals surface area contributed by atoms with Gasteiger partial charge in [0.1, 0.15) is 11.6 Å². The number of aromatic amines is 1. The number of nitrogens with one attached hydrogen (secondary N) is 1. The van der Waals surface area contributed by atoms with Gasteiger partial charge in [0.05, 0.1) is 5.01 Å². The van der Waals surface area contributed by atoms with E-state index < -0.39 is 0 Å². The van der Waals surface area contributed by atoms with Gasteiger partial charge in [-0.15, -0.1) is 11.3 Å². The maximum absolute atomic E-state index is 11.7. The monoisotopic (exact) mass is 341 g/mol. The van der Waals surface area contributed by atoms with Crippen LogP contribution < -0.4 is 10.5 Å². The first-order chi connectivity index (χ1) is 11.7. The summed E-state index contributed by atoms with van der Waals surface area (Å²) < 4.78 is 0. The molecule has 3 aromatic heterocycles. The van der Waals surface area contributed by atoms with Crippen LogP contribution in [0.1, 0.15) is 17.6 Å².